The second-order valence-electron chi connectivity index (χ2n) is 9.61. The molecule has 2 aromatic heterocycles. The van der Waals surface area contributed by atoms with Gasteiger partial charge in [-0.15, -0.1) is 0 Å². The van der Waals surface area contributed by atoms with Crippen molar-refractivity contribution in [3.05, 3.63) is 60.1 Å². The van der Waals surface area contributed by atoms with Gasteiger partial charge < -0.3 is 24.8 Å². The van der Waals surface area contributed by atoms with Gasteiger partial charge in [-0.25, -0.2) is 9.78 Å². The molecule has 1 aromatic carbocycles. The molecule has 3 aromatic rings. The van der Waals surface area contributed by atoms with Crippen LogP contribution in [0.15, 0.2) is 53.2 Å². The predicted molar refractivity (Wildman–Crippen MR) is 133 cm³/mol. The number of carbonyl (C=O) groups excluding carboxylic acids is 2. The fourth-order valence-electron chi connectivity index (χ4n) is 3.57. The molecule has 0 bridgehead atoms. The molecule has 0 saturated carbocycles. The minimum absolute atomic E-state index is 0.146. The van der Waals surface area contributed by atoms with Crippen LogP contribution < -0.4 is 20.7 Å². The molecule has 1 aliphatic heterocycles. The Morgan fingerprint density at radius 2 is 1.77 bits per heavy atom. The highest BCUT2D eigenvalue weighted by molar-refractivity contribution is 6.03. The van der Waals surface area contributed by atoms with Gasteiger partial charge in [-0.1, -0.05) is 25.9 Å². The summed E-state index contributed by atoms with van der Waals surface area (Å²) in [6.07, 6.45) is 2.69. The first-order valence-corrected chi connectivity index (χ1v) is 11.4. The highest BCUT2D eigenvalue weighted by atomic mass is 16.5. The predicted octanol–water partition coefficient (Wildman–Crippen LogP) is 4.35. The number of pyridine rings is 1. The summed E-state index contributed by atoms with van der Waals surface area (Å²) in [7, 11) is 2.06. The van der Waals surface area contributed by atoms with Gasteiger partial charge in [0, 0.05) is 35.9 Å². The van der Waals surface area contributed by atoms with E-state index in [9.17, 15) is 9.59 Å². The van der Waals surface area contributed by atoms with Crippen LogP contribution in [0.5, 0.6) is 5.75 Å². The highest BCUT2D eigenvalue weighted by Gasteiger charge is 2.22. The van der Waals surface area contributed by atoms with Gasteiger partial charge in [-0.3, -0.25) is 10.1 Å². The topological polar surface area (TPSA) is 122 Å². The molecule has 0 aliphatic carbocycles. The lowest BCUT2D eigenvalue weighted by Gasteiger charge is -2.13. The van der Waals surface area contributed by atoms with Crippen molar-refractivity contribution >= 4 is 29.1 Å². The van der Waals surface area contributed by atoms with E-state index in [1.54, 1.807) is 48.7 Å². The quantitative estimate of drug-likeness (QED) is 0.482. The maximum atomic E-state index is 12.5. The number of aromatic nitrogens is 2. The third-order valence-corrected chi connectivity index (χ3v) is 5.51. The van der Waals surface area contributed by atoms with E-state index >= 15 is 0 Å². The van der Waals surface area contributed by atoms with Gasteiger partial charge >= 0.3 is 6.03 Å². The van der Waals surface area contributed by atoms with E-state index in [2.05, 4.69) is 38.0 Å². The standard InChI is InChI=1S/C25H30N6O4/c1-25(2,3)21-13-22(30-35-21)29-24(33)28-17-7-5-16(6-8-17)27-23(32)20-10-9-18(14-26-20)34-19-11-12-31(4)15-19/h5-10,13-14,19H,11-12,15H2,1-4H3,(H,27,32)(H2,28,29,30,33). The zero-order valence-electron chi connectivity index (χ0n) is 20.3. The lowest BCUT2D eigenvalue weighted by molar-refractivity contribution is 0.102. The maximum absolute atomic E-state index is 12.5. The van der Waals surface area contributed by atoms with Crippen LogP contribution in [0.4, 0.5) is 22.0 Å². The molecule has 3 N–H and O–H groups in total. The van der Waals surface area contributed by atoms with Gasteiger partial charge in [0.25, 0.3) is 5.91 Å². The van der Waals surface area contributed by atoms with Gasteiger partial charge in [-0.05, 0) is 49.9 Å². The summed E-state index contributed by atoms with van der Waals surface area (Å²) in [5, 5.41) is 12.0. The number of benzene rings is 1. The Balaban J connectivity index is 1.27. The largest absolute Gasteiger partial charge is 0.487 e. The molecule has 0 radical (unpaired) electrons. The van der Waals surface area contributed by atoms with Crippen LogP contribution in [0.25, 0.3) is 0 Å². The molecule has 35 heavy (non-hydrogen) atoms. The number of likely N-dealkylation sites (N-methyl/N-ethyl adjacent to an activating group) is 1. The molecular weight excluding hydrogens is 448 g/mol. The SMILES string of the molecule is CN1CCC(Oc2ccc(C(=O)Nc3ccc(NC(=O)Nc4cc(C(C)(C)C)on4)cc3)nc2)C1. The van der Waals surface area contributed by atoms with Crippen molar-refractivity contribution in [2.24, 2.45) is 0 Å². The zero-order valence-corrected chi connectivity index (χ0v) is 20.3. The van der Waals surface area contributed by atoms with Crippen molar-refractivity contribution < 1.29 is 18.8 Å². The number of likely N-dealkylation sites (tertiary alicyclic amines) is 1. The number of urea groups is 1. The van der Waals surface area contributed by atoms with Gasteiger partial charge in [0.05, 0.1) is 6.20 Å². The summed E-state index contributed by atoms with van der Waals surface area (Å²) in [5.41, 5.74) is 1.20. The molecule has 4 rings (SSSR count). The van der Waals surface area contributed by atoms with E-state index in [1.165, 1.54) is 0 Å². The zero-order chi connectivity index (χ0) is 25.0. The first-order valence-electron chi connectivity index (χ1n) is 11.4. The third-order valence-electron chi connectivity index (χ3n) is 5.51. The minimum atomic E-state index is -0.452. The third kappa shape index (κ3) is 6.57. The van der Waals surface area contributed by atoms with Gasteiger partial charge in [0.2, 0.25) is 0 Å². The second-order valence-corrected chi connectivity index (χ2v) is 9.61. The number of hydrogen-bond acceptors (Lipinski definition) is 7. The van der Waals surface area contributed by atoms with Gasteiger partial charge in [0.15, 0.2) is 5.82 Å². The van der Waals surface area contributed by atoms with Crippen molar-refractivity contribution in [3.8, 4) is 5.75 Å². The first kappa shape index (κ1) is 24.2. The minimum Gasteiger partial charge on any atom is -0.487 e. The number of amides is 3. The van der Waals surface area contributed by atoms with E-state index in [0.717, 1.165) is 19.5 Å². The Hall–Kier alpha value is -3.92. The molecule has 1 unspecified atom stereocenters. The van der Waals surface area contributed by atoms with Crippen LogP contribution in [-0.4, -0.2) is 53.2 Å². The number of hydrogen-bond donors (Lipinski definition) is 3. The molecule has 184 valence electrons. The maximum Gasteiger partial charge on any atom is 0.324 e. The molecule has 0 spiro atoms. The average Bonchev–Trinajstić information content (AvgIpc) is 3.44. The summed E-state index contributed by atoms with van der Waals surface area (Å²) in [6, 6.07) is 11.4. The van der Waals surface area contributed by atoms with Gasteiger partial charge in [-0.2, -0.15) is 0 Å². The van der Waals surface area contributed by atoms with E-state index in [0.29, 0.717) is 28.7 Å². The fourth-order valence-corrected chi connectivity index (χ4v) is 3.57. The molecular formula is C25H30N6O4. The number of rotatable bonds is 6. The van der Waals surface area contributed by atoms with Crippen LogP contribution in [-0.2, 0) is 5.41 Å². The Labute approximate surface area is 204 Å². The van der Waals surface area contributed by atoms with E-state index in [4.69, 9.17) is 9.26 Å². The highest BCUT2D eigenvalue weighted by Crippen LogP contribution is 2.24. The number of nitrogens with one attached hydrogen (secondary N) is 3. The van der Waals surface area contributed by atoms with Crippen molar-refractivity contribution in [2.45, 2.75) is 38.7 Å². The second kappa shape index (κ2) is 10.1. The Bertz CT molecular complexity index is 1170. The van der Waals surface area contributed by atoms with Crippen molar-refractivity contribution in [1.82, 2.24) is 15.0 Å². The Morgan fingerprint density at radius 1 is 1.06 bits per heavy atom. The Kier molecular flexibility index (Phi) is 7.02. The molecule has 1 fully saturated rings. The number of carbonyl (C=O) groups is 2. The van der Waals surface area contributed by atoms with Crippen molar-refractivity contribution in [3.63, 3.8) is 0 Å². The summed E-state index contributed by atoms with van der Waals surface area (Å²) in [6.45, 7) is 7.87. The molecule has 1 saturated heterocycles. The van der Waals surface area contributed by atoms with Crippen molar-refractivity contribution in [2.75, 3.05) is 36.1 Å². The fraction of sp³-hybridized carbons (Fsp3) is 0.360. The van der Waals surface area contributed by atoms with Crippen LogP contribution in [0.3, 0.4) is 0 Å². The summed E-state index contributed by atoms with van der Waals surface area (Å²) >= 11 is 0. The summed E-state index contributed by atoms with van der Waals surface area (Å²) in [5.74, 6) is 1.31. The summed E-state index contributed by atoms with van der Waals surface area (Å²) in [4.78, 5) is 31.2. The monoisotopic (exact) mass is 478 g/mol. The smallest absolute Gasteiger partial charge is 0.324 e. The number of anilines is 3. The molecule has 10 heteroatoms. The molecule has 3 amide bonds. The van der Waals surface area contributed by atoms with Crippen LogP contribution >= 0.6 is 0 Å². The molecule has 1 aliphatic rings. The first-order chi connectivity index (χ1) is 16.7. The normalized spacial score (nSPS) is 16.1. The number of nitrogens with zero attached hydrogens (tertiary/aromatic N) is 3. The molecule has 10 nitrogen and oxygen atoms in total. The number of ether oxygens (including phenoxy) is 1. The van der Waals surface area contributed by atoms with E-state index < -0.39 is 6.03 Å². The van der Waals surface area contributed by atoms with Crippen LogP contribution in [0, 0.1) is 0 Å². The lowest BCUT2D eigenvalue weighted by atomic mass is 9.93. The molecule has 3 heterocycles. The Morgan fingerprint density at radius 3 is 2.34 bits per heavy atom. The van der Waals surface area contributed by atoms with Crippen LogP contribution in [0.1, 0.15) is 43.4 Å². The van der Waals surface area contributed by atoms with Crippen molar-refractivity contribution in [1.29, 1.82) is 0 Å². The van der Waals surface area contributed by atoms with E-state index in [-0.39, 0.29) is 23.1 Å². The lowest BCUT2D eigenvalue weighted by Crippen LogP contribution is -2.21. The van der Waals surface area contributed by atoms with Gasteiger partial charge in [0.1, 0.15) is 23.3 Å². The van der Waals surface area contributed by atoms with E-state index in [1.807, 2.05) is 20.8 Å². The summed E-state index contributed by atoms with van der Waals surface area (Å²) < 4.78 is 11.2. The molecule has 1 atom stereocenters. The van der Waals surface area contributed by atoms with Crippen LogP contribution in [0.2, 0.25) is 0 Å². The average molecular weight is 479 g/mol.